The summed E-state index contributed by atoms with van der Waals surface area (Å²) >= 11 is 0. The molecular weight excluding hydrogens is 405 g/mol. The molecule has 2 aliphatic rings. The molecule has 1 amide bonds. The summed E-state index contributed by atoms with van der Waals surface area (Å²) in [4.78, 5) is 20.2. The van der Waals surface area contributed by atoms with Gasteiger partial charge in [0.25, 0.3) is 0 Å². The minimum absolute atomic E-state index is 0.145. The lowest BCUT2D eigenvalue weighted by Crippen LogP contribution is -2.50. The first-order chi connectivity index (χ1) is 15.6. The number of ether oxygens (including phenoxy) is 1. The minimum atomic E-state index is -0.674. The second-order valence-electron chi connectivity index (χ2n) is 9.23. The molecule has 0 spiro atoms. The van der Waals surface area contributed by atoms with Crippen molar-refractivity contribution in [2.24, 2.45) is 5.92 Å². The van der Waals surface area contributed by atoms with E-state index < -0.39 is 5.41 Å². The first kappa shape index (κ1) is 21.1. The first-order valence-electron chi connectivity index (χ1n) is 11.7. The molecule has 168 valence electrons. The fourth-order valence-electron chi connectivity index (χ4n) is 5.43. The lowest BCUT2D eigenvalue weighted by Gasteiger charge is -2.40. The Morgan fingerprint density at radius 1 is 1.16 bits per heavy atom. The van der Waals surface area contributed by atoms with Crippen LogP contribution in [0.5, 0.6) is 0 Å². The Morgan fingerprint density at radius 2 is 2.03 bits per heavy atom. The molecule has 1 unspecified atom stereocenters. The molecule has 1 aromatic carbocycles. The van der Waals surface area contributed by atoms with Crippen molar-refractivity contribution >= 4 is 11.6 Å². The van der Waals surface area contributed by atoms with Crippen molar-refractivity contribution in [2.45, 2.75) is 43.9 Å². The number of nitrogens with zero attached hydrogens (tertiary/aromatic N) is 3. The highest BCUT2D eigenvalue weighted by atomic mass is 19.1. The number of amides is 1. The highest BCUT2D eigenvalue weighted by Crippen LogP contribution is 2.38. The molecule has 0 N–H and O–H groups in total. The molecule has 0 saturated carbocycles. The molecule has 2 aliphatic heterocycles. The quantitative estimate of drug-likeness (QED) is 0.611. The van der Waals surface area contributed by atoms with Gasteiger partial charge in [0.1, 0.15) is 11.5 Å². The van der Waals surface area contributed by atoms with Gasteiger partial charge < -0.3 is 14.0 Å². The zero-order chi connectivity index (χ0) is 22.0. The molecular formula is C26H30FN3O2. The molecule has 2 fully saturated rings. The molecule has 2 aromatic heterocycles. The van der Waals surface area contributed by atoms with Gasteiger partial charge in [-0.25, -0.2) is 9.37 Å². The fourth-order valence-corrected chi connectivity index (χ4v) is 5.43. The summed E-state index contributed by atoms with van der Waals surface area (Å²) in [6.07, 6.45) is 11.3. The third kappa shape index (κ3) is 4.16. The van der Waals surface area contributed by atoms with Crippen LogP contribution in [0.15, 0.2) is 55.0 Å². The minimum Gasteiger partial charge on any atom is -0.381 e. The lowest BCUT2D eigenvalue weighted by atomic mass is 9.73. The van der Waals surface area contributed by atoms with E-state index in [1.807, 2.05) is 23.4 Å². The SMILES string of the molecule is O=C(N1CCCC(Cc2ccc3nccn3c2)CC1)C1(c2cccc(F)c2)CCOCC1. The summed E-state index contributed by atoms with van der Waals surface area (Å²) < 4.78 is 21.7. The maximum absolute atomic E-state index is 14.0. The van der Waals surface area contributed by atoms with E-state index in [9.17, 15) is 9.18 Å². The number of fused-ring (bicyclic) bond motifs is 1. The third-order valence-electron chi connectivity index (χ3n) is 7.24. The maximum Gasteiger partial charge on any atom is 0.233 e. The van der Waals surface area contributed by atoms with Gasteiger partial charge in [0.05, 0.1) is 5.41 Å². The smallest absolute Gasteiger partial charge is 0.233 e. The van der Waals surface area contributed by atoms with Crippen molar-refractivity contribution in [1.29, 1.82) is 0 Å². The van der Waals surface area contributed by atoms with E-state index in [-0.39, 0.29) is 11.7 Å². The van der Waals surface area contributed by atoms with Crippen LogP contribution < -0.4 is 0 Å². The van der Waals surface area contributed by atoms with Gasteiger partial charge in [-0.1, -0.05) is 18.2 Å². The number of likely N-dealkylation sites (tertiary alicyclic amines) is 1. The summed E-state index contributed by atoms with van der Waals surface area (Å²) in [6.45, 7) is 2.60. The molecule has 0 bridgehead atoms. The van der Waals surface area contributed by atoms with Crippen LogP contribution >= 0.6 is 0 Å². The predicted molar refractivity (Wildman–Crippen MR) is 121 cm³/mol. The van der Waals surface area contributed by atoms with Crippen molar-refractivity contribution in [1.82, 2.24) is 14.3 Å². The van der Waals surface area contributed by atoms with E-state index in [4.69, 9.17) is 4.74 Å². The number of aromatic nitrogens is 2. The van der Waals surface area contributed by atoms with Crippen LogP contribution in [0.25, 0.3) is 5.65 Å². The van der Waals surface area contributed by atoms with Crippen LogP contribution in [0.4, 0.5) is 4.39 Å². The van der Waals surface area contributed by atoms with Crippen molar-refractivity contribution in [3.63, 3.8) is 0 Å². The molecule has 5 rings (SSSR count). The van der Waals surface area contributed by atoms with Crippen LogP contribution in [0, 0.1) is 11.7 Å². The second-order valence-corrected chi connectivity index (χ2v) is 9.23. The zero-order valence-electron chi connectivity index (χ0n) is 18.4. The zero-order valence-corrected chi connectivity index (χ0v) is 18.4. The molecule has 3 aromatic rings. The van der Waals surface area contributed by atoms with Crippen LogP contribution in [0.1, 0.15) is 43.2 Å². The second kappa shape index (κ2) is 9.02. The summed E-state index contributed by atoms with van der Waals surface area (Å²) in [5, 5.41) is 0. The van der Waals surface area contributed by atoms with Crippen LogP contribution in [0.2, 0.25) is 0 Å². The number of imidazole rings is 1. The van der Waals surface area contributed by atoms with Gasteiger partial charge in [-0.05, 0) is 73.8 Å². The Kier molecular flexibility index (Phi) is 5.96. The standard InChI is InChI=1S/C26H30FN3O2/c27-23-5-1-4-22(18-23)26(9-15-32-16-10-26)25(31)29-12-2-3-20(8-13-29)17-21-6-7-24-28-11-14-30(24)19-21/h1,4-7,11,14,18-20H,2-3,8-10,12-13,15-17H2. The molecule has 0 radical (unpaired) electrons. The van der Waals surface area contributed by atoms with Crippen LogP contribution in [-0.4, -0.2) is 46.5 Å². The van der Waals surface area contributed by atoms with Crippen LogP contribution in [-0.2, 0) is 21.4 Å². The molecule has 2 saturated heterocycles. The van der Waals surface area contributed by atoms with Gasteiger partial charge in [0.15, 0.2) is 0 Å². The predicted octanol–water partition coefficient (Wildman–Crippen LogP) is 4.39. The number of benzene rings is 1. The Hall–Kier alpha value is -2.73. The van der Waals surface area contributed by atoms with Gasteiger partial charge in [-0.3, -0.25) is 4.79 Å². The van der Waals surface area contributed by atoms with Gasteiger partial charge in [-0.2, -0.15) is 0 Å². The van der Waals surface area contributed by atoms with E-state index in [0.717, 1.165) is 50.0 Å². The molecule has 4 heterocycles. The number of pyridine rings is 1. The van der Waals surface area contributed by atoms with Crippen molar-refractivity contribution in [3.05, 3.63) is 71.9 Å². The van der Waals surface area contributed by atoms with Crippen molar-refractivity contribution in [2.75, 3.05) is 26.3 Å². The van der Waals surface area contributed by atoms with Gasteiger partial charge >= 0.3 is 0 Å². The molecule has 0 aliphatic carbocycles. The number of hydrogen-bond acceptors (Lipinski definition) is 3. The summed E-state index contributed by atoms with van der Waals surface area (Å²) in [6, 6.07) is 10.8. The topological polar surface area (TPSA) is 46.8 Å². The molecule has 1 atom stereocenters. The van der Waals surface area contributed by atoms with E-state index in [0.29, 0.717) is 32.0 Å². The Morgan fingerprint density at radius 3 is 2.88 bits per heavy atom. The summed E-state index contributed by atoms with van der Waals surface area (Å²) in [7, 11) is 0. The largest absolute Gasteiger partial charge is 0.381 e. The van der Waals surface area contributed by atoms with Crippen molar-refractivity contribution < 1.29 is 13.9 Å². The van der Waals surface area contributed by atoms with Gasteiger partial charge in [-0.15, -0.1) is 0 Å². The molecule has 32 heavy (non-hydrogen) atoms. The van der Waals surface area contributed by atoms with Gasteiger partial charge in [0.2, 0.25) is 5.91 Å². The monoisotopic (exact) mass is 435 g/mol. The Bertz CT molecular complexity index is 1090. The number of carbonyl (C=O) groups excluding carboxylic acids is 1. The number of rotatable bonds is 4. The number of hydrogen-bond donors (Lipinski definition) is 0. The van der Waals surface area contributed by atoms with E-state index in [1.54, 1.807) is 6.07 Å². The lowest BCUT2D eigenvalue weighted by molar-refractivity contribution is -0.141. The summed E-state index contributed by atoms with van der Waals surface area (Å²) in [5.41, 5.74) is 2.39. The Labute approximate surface area is 188 Å². The average Bonchev–Trinajstić information content (AvgIpc) is 3.16. The normalized spacial score (nSPS) is 21.4. The highest BCUT2D eigenvalue weighted by Gasteiger charge is 2.44. The van der Waals surface area contributed by atoms with E-state index in [1.165, 1.54) is 17.7 Å². The maximum atomic E-state index is 14.0. The Balaban J connectivity index is 1.30. The number of carbonyl (C=O) groups is 1. The first-order valence-corrected chi connectivity index (χ1v) is 11.7. The van der Waals surface area contributed by atoms with Gasteiger partial charge in [0, 0.05) is 44.9 Å². The molecule has 5 nitrogen and oxygen atoms in total. The fraction of sp³-hybridized carbons (Fsp3) is 0.462. The summed E-state index contributed by atoms with van der Waals surface area (Å²) in [5.74, 6) is 0.410. The third-order valence-corrected chi connectivity index (χ3v) is 7.24. The molecule has 6 heteroatoms. The van der Waals surface area contributed by atoms with Crippen LogP contribution in [0.3, 0.4) is 0 Å². The number of halogens is 1. The van der Waals surface area contributed by atoms with Crippen molar-refractivity contribution in [3.8, 4) is 0 Å². The van der Waals surface area contributed by atoms with E-state index >= 15 is 0 Å². The highest BCUT2D eigenvalue weighted by molar-refractivity contribution is 5.88. The average molecular weight is 436 g/mol. The van der Waals surface area contributed by atoms with E-state index in [2.05, 4.69) is 27.7 Å².